The van der Waals surface area contributed by atoms with Gasteiger partial charge in [-0.15, -0.1) is 0 Å². The van der Waals surface area contributed by atoms with Gasteiger partial charge < -0.3 is 5.32 Å². The minimum Gasteiger partial charge on any atom is -0.314 e. The van der Waals surface area contributed by atoms with Gasteiger partial charge in [0, 0.05) is 6.04 Å². The number of hydrogen-bond acceptors (Lipinski definition) is 1. The van der Waals surface area contributed by atoms with Crippen LogP contribution in [0.2, 0.25) is 0 Å². The van der Waals surface area contributed by atoms with E-state index in [2.05, 4.69) is 19.2 Å². The van der Waals surface area contributed by atoms with Crippen molar-refractivity contribution >= 4 is 0 Å². The van der Waals surface area contributed by atoms with E-state index in [0.717, 1.165) is 23.8 Å². The molecule has 1 heteroatoms. The van der Waals surface area contributed by atoms with Crippen LogP contribution in [-0.4, -0.2) is 12.6 Å². The Kier molecular flexibility index (Phi) is 6.01. The summed E-state index contributed by atoms with van der Waals surface area (Å²) >= 11 is 0. The van der Waals surface area contributed by atoms with Crippen LogP contribution in [0.3, 0.4) is 0 Å². The SMILES string of the molecule is CCCC1CCCC(NCC2CCC(C)C2)CC1. The molecule has 0 aliphatic heterocycles. The van der Waals surface area contributed by atoms with Crippen LogP contribution >= 0.6 is 0 Å². The molecule has 1 N–H and O–H groups in total. The van der Waals surface area contributed by atoms with Crippen LogP contribution in [0.1, 0.15) is 78.1 Å². The molecule has 0 bridgehead atoms. The largest absolute Gasteiger partial charge is 0.314 e. The third kappa shape index (κ3) is 4.57. The molecule has 0 aromatic rings. The first kappa shape index (κ1) is 14.4. The predicted molar refractivity (Wildman–Crippen MR) is 79.8 cm³/mol. The lowest BCUT2D eigenvalue weighted by atomic mass is 9.95. The highest BCUT2D eigenvalue weighted by Gasteiger charge is 2.23. The van der Waals surface area contributed by atoms with Gasteiger partial charge in [0.1, 0.15) is 0 Å². The van der Waals surface area contributed by atoms with Gasteiger partial charge in [-0.25, -0.2) is 0 Å². The lowest BCUT2D eigenvalue weighted by Crippen LogP contribution is -2.32. The van der Waals surface area contributed by atoms with Gasteiger partial charge in [0.05, 0.1) is 0 Å². The number of hydrogen-bond donors (Lipinski definition) is 1. The number of rotatable bonds is 5. The Hall–Kier alpha value is -0.0400. The Bertz CT molecular complexity index is 226. The predicted octanol–water partition coefficient (Wildman–Crippen LogP) is 4.76. The minimum absolute atomic E-state index is 0.836. The molecule has 0 radical (unpaired) electrons. The highest BCUT2D eigenvalue weighted by molar-refractivity contribution is 4.79. The number of nitrogens with one attached hydrogen (secondary N) is 1. The van der Waals surface area contributed by atoms with Gasteiger partial charge >= 0.3 is 0 Å². The van der Waals surface area contributed by atoms with Crippen molar-refractivity contribution in [2.45, 2.75) is 84.1 Å². The second-order valence-electron chi connectivity index (χ2n) is 7.05. The topological polar surface area (TPSA) is 12.0 Å². The van der Waals surface area contributed by atoms with Crippen molar-refractivity contribution in [3.8, 4) is 0 Å². The standard InChI is InChI=1S/C17H33N/c1-3-5-15-6-4-7-17(11-10-15)18-13-16-9-8-14(2)12-16/h14-18H,3-13H2,1-2H3. The molecule has 0 saturated heterocycles. The van der Waals surface area contributed by atoms with Crippen molar-refractivity contribution in [1.82, 2.24) is 5.32 Å². The molecule has 2 aliphatic carbocycles. The summed E-state index contributed by atoms with van der Waals surface area (Å²) in [5.41, 5.74) is 0. The van der Waals surface area contributed by atoms with Gasteiger partial charge in [0.2, 0.25) is 0 Å². The summed E-state index contributed by atoms with van der Waals surface area (Å²) < 4.78 is 0. The summed E-state index contributed by atoms with van der Waals surface area (Å²) in [6.07, 6.45) is 14.6. The molecule has 2 fully saturated rings. The maximum Gasteiger partial charge on any atom is 0.00672 e. The Morgan fingerprint density at radius 3 is 2.50 bits per heavy atom. The molecule has 0 aromatic heterocycles. The maximum atomic E-state index is 3.89. The molecule has 4 atom stereocenters. The van der Waals surface area contributed by atoms with E-state index < -0.39 is 0 Å². The lowest BCUT2D eigenvalue weighted by molar-refractivity contribution is 0.384. The van der Waals surface area contributed by atoms with Crippen molar-refractivity contribution in [2.24, 2.45) is 17.8 Å². The third-order valence-corrected chi connectivity index (χ3v) is 5.28. The molecule has 1 nitrogen and oxygen atoms in total. The fourth-order valence-electron chi connectivity index (χ4n) is 4.12. The highest BCUT2D eigenvalue weighted by atomic mass is 14.9. The molecule has 106 valence electrons. The zero-order valence-electron chi connectivity index (χ0n) is 12.6. The molecule has 0 amide bonds. The van der Waals surface area contributed by atoms with E-state index in [9.17, 15) is 0 Å². The highest BCUT2D eigenvalue weighted by Crippen LogP contribution is 2.31. The summed E-state index contributed by atoms with van der Waals surface area (Å²) in [5, 5.41) is 3.89. The molecule has 0 heterocycles. The molecule has 2 rings (SSSR count). The fourth-order valence-corrected chi connectivity index (χ4v) is 4.12. The average Bonchev–Trinajstić information content (AvgIpc) is 2.64. The van der Waals surface area contributed by atoms with E-state index >= 15 is 0 Å². The summed E-state index contributed by atoms with van der Waals surface area (Å²) in [6.45, 7) is 6.05. The smallest absolute Gasteiger partial charge is 0.00672 e. The Balaban J connectivity index is 1.64. The second-order valence-corrected chi connectivity index (χ2v) is 7.05. The van der Waals surface area contributed by atoms with Crippen LogP contribution in [0.4, 0.5) is 0 Å². The van der Waals surface area contributed by atoms with E-state index in [-0.39, 0.29) is 0 Å². The zero-order valence-corrected chi connectivity index (χ0v) is 12.6. The Morgan fingerprint density at radius 2 is 1.78 bits per heavy atom. The van der Waals surface area contributed by atoms with E-state index in [1.54, 1.807) is 0 Å². The van der Waals surface area contributed by atoms with Crippen molar-refractivity contribution in [3.05, 3.63) is 0 Å². The lowest BCUT2D eigenvalue weighted by Gasteiger charge is -2.19. The fraction of sp³-hybridized carbons (Fsp3) is 1.00. The molecule has 0 aromatic carbocycles. The molecule has 0 spiro atoms. The Labute approximate surface area is 114 Å². The van der Waals surface area contributed by atoms with Crippen LogP contribution in [0.25, 0.3) is 0 Å². The van der Waals surface area contributed by atoms with Crippen LogP contribution in [0, 0.1) is 17.8 Å². The van der Waals surface area contributed by atoms with Crippen molar-refractivity contribution < 1.29 is 0 Å². The van der Waals surface area contributed by atoms with Crippen molar-refractivity contribution in [2.75, 3.05) is 6.54 Å². The van der Waals surface area contributed by atoms with E-state index in [4.69, 9.17) is 0 Å². The second kappa shape index (κ2) is 7.53. The molecule has 4 unspecified atom stereocenters. The van der Waals surface area contributed by atoms with Gasteiger partial charge in [0.25, 0.3) is 0 Å². The van der Waals surface area contributed by atoms with Gasteiger partial charge in [-0.3, -0.25) is 0 Å². The van der Waals surface area contributed by atoms with E-state index in [0.29, 0.717) is 0 Å². The summed E-state index contributed by atoms with van der Waals surface area (Å²) in [7, 11) is 0. The van der Waals surface area contributed by atoms with Crippen LogP contribution < -0.4 is 5.32 Å². The van der Waals surface area contributed by atoms with Gasteiger partial charge in [0.15, 0.2) is 0 Å². The van der Waals surface area contributed by atoms with Gasteiger partial charge in [-0.1, -0.05) is 46.0 Å². The van der Waals surface area contributed by atoms with Crippen LogP contribution in [0.15, 0.2) is 0 Å². The first-order valence-corrected chi connectivity index (χ1v) is 8.51. The molecular weight excluding hydrogens is 218 g/mol. The maximum absolute atomic E-state index is 3.89. The monoisotopic (exact) mass is 251 g/mol. The quantitative estimate of drug-likeness (QED) is 0.695. The Morgan fingerprint density at radius 1 is 0.944 bits per heavy atom. The minimum atomic E-state index is 0.836. The molecule has 2 saturated carbocycles. The van der Waals surface area contributed by atoms with E-state index in [1.807, 2.05) is 0 Å². The average molecular weight is 251 g/mol. The first-order chi connectivity index (χ1) is 8.78. The first-order valence-electron chi connectivity index (χ1n) is 8.51. The van der Waals surface area contributed by atoms with Crippen LogP contribution in [0.5, 0.6) is 0 Å². The van der Waals surface area contributed by atoms with Gasteiger partial charge in [-0.05, 0) is 56.4 Å². The van der Waals surface area contributed by atoms with E-state index in [1.165, 1.54) is 70.8 Å². The van der Waals surface area contributed by atoms with Crippen molar-refractivity contribution in [3.63, 3.8) is 0 Å². The molecule has 2 aliphatic rings. The summed E-state index contributed by atoms with van der Waals surface area (Å²) in [6, 6.07) is 0.836. The summed E-state index contributed by atoms with van der Waals surface area (Å²) in [4.78, 5) is 0. The normalized spacial score (nSPS) is 37.7. The molecular formula is C17H33N. The van der Waals surface area contributed by atoms with Gasteiger partial charge in [-0.2, -0.15) is 0 Å². The van der Waals surface area contributed by atoms with Crippen LogP contribution in [-0.2, 0) is 0 Å². The third-order valence-electron chi connectivity index (χ3n) is 5.28. The molecule has 18 heavy (non-hydrogen) atoms. The zero-order chi connectivity index (χ0) is 12.8. The summed E-state index contributed by atoms with van der Waals surface area (Å²) in [5.74, 6) is 3.00. The van der Waals surface area contributed by atoms with Crippen molar-refractivity contribution in [1.29, 1.82) is 0 Å².